The van der Waals surface area contributed by atoms with Gasteiger partial charge in [0.25, 0.3) is 5.91 Å². The molecule has 0 unspecified atom stereocenters. The van der Waals surface area contributed by atoms with E-state index in [4.69, 9.17) is 4.74 Å². The van der Waals surface area contributed by atoms with Gasteiger partial charge in [0.15, 0.2) is 11.5 Å². The molecule has 0 fully saturated rings. The van der Waals surface area contributed by atoms with Crippen LogP contribution in [0.15, 0.2) is 48.8 Å². The first kappa shape index (κ1) is 24.6. The molecular formula is C23H18F4N6O3. The van der Waals surface area contributed by atoms with Gasteiger partial charge in [0, 0.05) is 30.8 Å². The molecule has 0 saturated heterocycles. The second-order valence-electron chi connectivity index (χ2n) is 7.60. The summed E-state index contributed by atoms with van der Waals surface area (Å²) in [7, 11) is 1.30. The highest BCUT2D eigenvalue weighted by Crippen LogP contribution is 2.30. The zero-order valence-electron chi connectivity index (χ0n) is 18.9. The minimum absolute atomic E-state index is 0.0335. The van der Waals surface area contributed by atoms with Crippen LogP contribution in [0.25, 0.3) is 16.9 Å². The lowest BCUT2D eigenvalue weighted by Gasteiger charge is -2.12. The highest BCUT2D eigenvalue weighted by Gasteiger charge is 2.31. The Morgan fingerprint density at radius 1 is 1.14 bits per heavy atom. The van der Waals surface area contributed by atoms with Gasteiger partial charge in [0.2, 0.25) is 11.8 Å². The molecule has 2 N–H and O–H groups in total. The number of anilines is 1. The number of methoxy groups -OCH3 is 1. The minimum atomic E-state index is -4.65. The quantitative estimate of drug-likeness (QED) is 0.388. The predicted molar refractivity (Wildman–Crippen MR) is 120 cm³/mol. The number of nitrogens with one attached hydrogen (secondary N) is 2. The maximum absolute atomic E-state index is 14.0. The Hall–Kier alpha value is -4.55. The minimum Gasteiger partial charge on any atom is -0.480 e. The number of amides is 2. The van der Waals surface area contributed by atoms with Crippen LogP contribution < -0.4 is 15.4 Å². The number of hydrogen-bond donors (Lipinski definition) is 2. The van der Waals surface area contributed by atoms with Gasteiger partial charge in [-0.25, -0.2) is 18.9 Å². The Morgan fingerprint density at radius 2 is 1.92 bits per heavy atom. The topological polar surface area (TPSA) is 111 Å². The molecule has 0 bridgehead atoms. The Kier molecular flexibility index (Phi) is 6.55. The number of rotatable bonds is 6. The van der Waals surface area contributed by atoms with Crippen molar-refractivity contribution in [3.63, 3.8) is 0 Å². The fourth-order valence-corrected chi connectivity index (χ4v) is 3.35. The summed E-state index contributed by atoms with van der Waals surface area (Å²) in [4.78, 5) is 32.4. The van der Waals surface area contributed by atoms with Crippen LogP contribution in [-0.2, 0) is 17.5 Å². The van der Waals surface area contributed by atoms with Crippen LogP contribution in [0, 0.1) is 5.82 Å². The molecule has 13 heteroatoms. The van der Waals surface area contributed by atoms with E-state index in [2.05, 4.69) is 25.7 Å². The number of imidazole rings is 1. The molecular weight excluding hydrogens is 484 g/mol. The lowest BCUT2D eigenvalue weighted by Crippen LogP contribution is -2.24. The number of ether oxygens (including phenoxy) is 1. The van der Waals surface area contributed by atoms with Crippen molar-refractivity contribution in [1.29, 1.82) is 0 Å². The summed E-state index contributed by atoms with van der Waals surface area (Å²) in [5.74, 6) is -1.66. The highest BCUT2D eigenvalue weighted by atomic mass is 19.4. The lowest BCUT2D eigenvalue weighted by molar-refractivity contribution is -0.137. The van der Waals surface area contributed by atoms with Crippen LogP contribution in [0.5, 0.6) is 5.88 Å². The number of nitrogens with zero attached hydrogens (tertiary/aromatic N) is 4. The molecule has 0 aliphatic carbocycles. The number of pyridine rings is 1. The molecule has 3 aromatic heterocycles. The number of hydrogen-bond acceptors (Lipinski definition) is 6. The van der Waals surface area contributed by atoms with Crippen LogP contribution in [0.1, 0.15) is 28.4 Å². The van der Waals surface area contributed by atoms with Crippen LogP contribution in [0.2, 0.25) is 0 Å². The van der Waals surface area contributed by atoms with Crippen molar-refractivity contribution in [2.24, 2.45) is 0 Å². The largest absolute Gasteiger partial charge is 0.480 e. The monoisotopic (exact) mass is 502 g/mol. The van der Waals surface area contributed by atoms with Gasteiger partial charge >= 0.3 is 6.18 Å². The molecule has 0 saturated carbocycles. The molecule has 4 rings (SSSR count). The average Bonchev–Trinajstić information content (AvgIpc) is 3.22. The van der Waals surface area contributed by atoms with E-state index in [1.807, 2.05) is 0 Å². The first-order valence-electron chi connectivity index (χ1n) is 10.4. The molecule has 9 nitrogen and oxygen atoms in total. The predicted octanol–water partition coefficient (Wildman–Crippen LogP) is 3.85. The van der Waals surface area contributed by atoms with Crippen LogP contribution >= 0.6 is 0 Å². The first-order chi connectivity index (χ1) is 17.0. The summed E-state index contributed by atoms with van der Waals surface area (Å²) in [5, 5.41) is 9.35. The maximum Gasteiger partial charge on any atom is 0.416 e. The zero-order valence-corrected chi connectivity index (χ0v) is 18.9. The van der Waals surface area contributed by atoms with Gasteiger partial charge in [-0.15, -0.1) is 0 Å². The van der Waals surface area contributed by atoms with E-state index in [1.165, 1.54) is 37.0 Å². The standard InChI is InChI=1S/C23H18F4N6O3/c1-12(34)30-19-11-33-20(31-19)6-5-18(32-33)14-8-16(22(36-2)29-10-14)21(35)28-9-13-7-15(23(25,26)27)3-4-17(13)24/h3-8,10-11H,9H2,1-2H3,(H,28,35)(H,30,34). The van der Waals surface area contributed by atoms with Gasteiger partial charge in [-0.3, -0.25) is 9.59 Å². The van der Waals surface area contributed by atoms with E-state index in [1.54, 1.807) is 12.1 Å². The second-order valence-corrected chi connectivity index (χ2v) is 7.60. The van der Waals surface area contributed by atoms with Gasteiger partial charge in [0.05, 0.1) is 24.6 Å². The summed E-state index contributed by atoms with van der Waals surface area (Å²) in [6, 6.07) is 6.67. The summed E-state index contributed by atoms with van der Waals surface area (Å²) < 4.78 is 59.5. The number of fused-ring (bicyclic) bond motifs is 1. The Balaban J connectivity index is 1.60. The van der Waals surface area contributed by atoms with Crippen molar-refractivity contribution >= 4 is 23.3 Å². The smallest absolute Gasteiger partial charge is 0.416 e. The Labute approximate surface area is 201 Å². The van der Waals surface area contributed by atoms with Crippen molar-refractivity contribution in [3.8, 4) is 17.1 Å². The van der Waals surface area contributed by atoms with Crippen LogP contribution in [0.3, 0.4) is 0 Å². The molecule has 0 spiro atoms. The van der Waals surface area contributed by atoms with Crippen molar-refractivity contribution in [3.05, 3.63) is 71.3 Å². The molecule has 4 aromatic rings. The molecule has 36 heavy (non-hydrogen) atoms. The summed E-state index contributed by atoms with van der Waals surface area (Å²) in [5.41, 5.74) is -0.107. The number of alkyl halides is 3. The molecule has 186 valence electrons. The summed E-state index contributed by atoms with van der Waals surface area (Å²) >= 11 is 0. The Bertz CT molecular complexity index is 1470. The van der Waals surface area contributed by atoms with Crippen molar-refractivity contribution in [1.82, 2.24) is 24.9 Å². The molecule has 2 amide bonds. The summed E-state index contributed by atoms with van der Waals surface area (Å²) in [6.07, 6.45) is -1.73. The van der Waals surface area contributed by atoms with Crippen LogP contribution in [-0.4, -0.2) is 38.5 Å². The van der Waals surface area contributed by atoms with Gasteiger partial charge in [-0.2, -0.15) is 18.3 Å². The first-order valence-corrected chi connectivity index (χ1v) is 10.4. The van der Waals surface area contributed by atoms with E-state index in [0.717, 1.165) is 0 Å². The van der Waals surface area contributed by atoms with E-state index >= 15 is 0 Å². The van der Waals surface area contributed by atoms with Gasteiger partial charge in [-0.1, -0.05) is 0 Å². The Morgan fingerprint density at radius 3 is 2.61 bits per heavy atom. The molecule has 0 aliphatic rings. The van der Waals surface area contributed by atoms with Crippen molar-refractivity contribution in [2.45, 2.75) is 19.6 Å². The molecule has 0 atom stereocenters. The van der Waals surface area contributed by atoms with Gasteiger partial charge < -0.3 is 15.4 Å². The number of carbonyl (C=O) groups excluding carboxylic acids is 2. The molecule has 0 radical (unpaired) electrons. The third kappa shape index (κ3) is 5.24. The number of carbonyl (C=O) groups is 2. The van der Waals surface area contributed by atoms with E-state index in [9.17, 15) is 27.2 Å². The SMILES string of the molecule is COc1ncc(-c2ccc3nc(NC(C)=O)cn3n2)cc1C(=O)NCc1cc(C(F)(F)F)ccc1F. The molecule has 1 aromatic carbocycles. The fourth-order valence-electron chi connectivity index (χ4n) is 3.35. The normalized spacial score (nSPS) is 11.4. The number of halogens is 4. The van der Waals surface area contributed by atoms with Gasteiger partial charge in [-0.05, 0) is 36.4 Å². The van der Waals surface area contributed by atoms with Crippen LogP contribution in [0.4, 0.5) is 23.4 Å². The van der Waals surface area contributed by atoms with E-state index in [-0.39, 0.29) is 22.9 Å². The zero-order chi connectivity index (χ0) is 26.0. The highest BCUT2D eigenvalue weighted by molar-refractivity contribution is 5.97. The molecule has 3 heterocycles. The van der Waals surface area contributed by atoms with Gasteiger partial charge in [0.1, 0.15) is 11.4 Å². The third-order valence-electron chi connectivity index (χ3n) is 5.02. The second kappa shape index (κ2) is 9.60. The van der Waals surface area contributed by atoms with Crippen molar-refractivity contribution in [2.75, 3.05) is 12.4 Å². The summed E-state index contributed by atoms with van der Waals surface area (Å²) in [6.45, 7) is 0.854. The van der Waals surface area contributed by atoms with Crippen molar-refractivity contribution < 1.29 is 31.9 Å². The maximum atomic E-state index is 14.0. The van der Waals surface area contributed by atoms with E-state index in [0.29, 0.717) is 40.9 Å². The fraction of sp³-hybridized carbons (Fsp3) is 0.174. The number of aromatic nitrogens is 4. The number of benzene rings is 1. The average molecular weight is 502 g/mol. The third-order valence-corrected chi connectivity index (χ3v) is 5.02. The van der Waals surface area contributed by atoms with E-state index < -0.39 is 30.0 Å². The molecule has 0 aliphatic heterocycles. The lowest BCUT2D eigenvalue weighted by atomic mass is 10.1.